The van der Waals surface area contributed by atoms with Gasteiger partial charge in [0.1, 0.15) is 5.82 Å². The molecule has 0 amide bonds. The van der Waals surface area contributed by atoms with Crippen LogP contribution < -0.4 is 5.73 Å². The van der Waals surface area contributed by atoms with E-state index in [2.05, 4.69) is 5.16 Å². The standard InChI is InChI=1S/C15H13FN2O/c1-2-9-14(19-18-15(9)17)12-7-8-13(16)11-6-4-3-5-10(11)12/h3-8H,2H2,1H3,(H2,17,18). The molecule has 0 bridgehead atoms. The van der Waals surface area contributed by atoms with Crippen molar-refractivity contribution in [1.82, 2.24) is 5.16 Å². The van der Waals surface area contributed by atoms with Gasteiger partial charge in [0.2, 0.25) is 0 Å². The highest BCUT2D eigenvalue weighted by atomic mass is 19.1. The average molecular weight is 256 g/mol. The van der Waals surface area contributed by atoms with Gasteiger partial charge in [-0.05, 0) is 23.9 Å². The minimum absolute atomic E-state index is 0.245. The van der Waals surface area contributed by atoms with Crippen molar-refractivity contribution < 1.29 is 8.91 Å². The zero-order valence-electron chi connectivity index (χ0n) is 10.5. The van der Waals surface area contributed by atoms with E-state index in [9.17, 15) is 4.39 Å². The molecule has 0 unspecified atom stereocenters. The van der Waals surface area contributed by atoms with Gasteiger partial charge in [-0.25, -0.2) is 4.39 Å². The van der Waals surface area contributed by atoms with Crippen LogP contribution in [0.25, 0.3) is 22.1 Å². The topological polar surface area (TPSA) is 52.0 Å². The molecule has 0 spiro atoms. The van der Waals surface area contributed by atoms with Crippen LogP contribution in [-0.4, -0.2) is 5.16 Å². The first-order valence-electron chi connectivity index (χ1n) is 6.14. The zero-order valence-corrected chi connectivity index (χ0v) is 10.5. The summed E-state index contributed by atoms with van der Waals surface area (Å²) in [7, 11) is 0. The smallest absolute Gasteiger partial charge is 0.172 e. The molecule has 1 heterocycles. The predicted octanol–water partition coefficient (Wildman–Crippen LogP) is 3.78. The second kappa shape index (κ2) is 4.39. The van der Waals surface area contributed by atoms with Crippen molar-refractivity contribution in [2.24, 2.45) is 0 Å². The van der Waals surface area contributed by atoms with Crippen LogP contribution in [0.1, 0.15) is 12.5 Å². The van der Waals surface area contributed by atoms with E-state index in [0.29, 0.717) is 17.0 Å². The minimum Gasteiger partial charge on any atom is -0.381 e. The highest BCUT2D eigenvalue weighted by molar-refractivity contribution is 5.96. The summed E-state index contributed by atoms with van der Waals surface area (Å²) < 4.78 is 19.1. The maximum atomic E-state index is 13.8. The Hall–Kier alpha value is -2.36. The number of halogens is 1. The van der Waals surface area contributed by atoms with Gasteiger partial charge in [0.05, 0.1) is 0 Å². The highest BCUT2D eigenvalue weighted by Crippen LogP contribution is 2.34. The van der Waals surface area contributed by atoms with Gasteiger partial charge < -0.3 is 10.3 Å². The Balaban J connectivity index is 2.34. The molecule has 3 aromatic rings. The Labute approximate surface area is 109 Å². The van der Waals surface area contributed by atoms with E-state index in [0.717, 1.165) is 22.9 Å². The number of anilines is 1. The van der Waals surface area contributed by atoms with Gasteiger partial charge in [-0.2, -0.15) is 0 Å². The van der Waals surface area contributed by atoms with Crippen LogP contribution in [0, 0.1) is 5.82 Å². The molecule has 2 N–H and O–H groups in total. The van der Waals surface area contributed by atoms with Crippen molar-refractivity contribution >= 4 is 16.6 Å². The van der Waals surface area contributed by atoms with Crippen LogP contribution >= 0.6 is 0 Å². The summed E-state index contributed by atoms with van der Waals surface area (Å²) in [5, 5.41) is 5.17. The highest BCUT2D eigenvalue weighted by Gasteiger charge is 2.17. The van der Waals surface area contributed by atoms with Gasteiger partial charge in [0.15, 0.2) is 11.6 Å². The van der Waals surface area contributed by atoms with Crippen LogP contribution in [0.5, 0.6) is 0 Å². The van der Waals surface area contributed by atoms with Crippen molar-refractivity contribution in [2.75, 3.05) is 5.73 Å². The van der Waals surface area contributed by atoms with E-state index >= 15 is 0 Å². The summed E-state index contributed by atoms with van der Waals surface area (Å²) in [6, 6.07) is 10.4. The first-order chi connectivity index (χ1) is 9.22. The van der Waals surface area contributed by atoms with Crippen molar-refractivity contribution in [3.8, 4) is 11.3 Å². The average Bonchev–Trinajstić information content (AvgIpc) is 2.80. The molecule has 19 heavy (non-hydrogen) atoms. The number of rotatable bonds is 2. The summed E-state index contributed by atoms with van der Waals surface area (Å²) in [5.41, 5.74) is 7.46. The third-order valence-electron chi connectivity index (χ3n) is 3.29. The molecule has 1 aromatic heterocycles. The van der Waals surface area contributed by atoms with E-state index in [-0.39, 0.29) is 5.82 Å². The lowest BCUT2D eigenvalue weighted by molar-refractivity contribution is 0.435. The van der Waals surface area contributed by atoms with Gasteiger partial charge in [0.25, 0.3) is 0 Å². The molecule has 0 saturated carbocycles. The van der Waals surface area contributed by atoms with Crippen LogP contribution in [0.3, 0.4) is 0 Å². The molecule has 3 rings (SSSR count). The molecule has 0 radical (unpaired) electrons. The number of aromatic nitrogens is 1. The third kappa shape index (κ3) is 1.76. The van der Waals surface area contributed by atoms with E-state index < -0.39 is 0 Å². The lowest BCUT2D eigenvalue weighted by atomic mass is 9.99. The monoisotopic (exact) mass is 256 g/mol. The van der Waals surface area contributed by atoms with Crippen LogP contribution in [0.4, 0.5) is 10.2 Å². The number of nitrogen functional groups attached to an aromatic ring is 1. The first-order valence-corrected chi connectivity index (χ1v) is 6.14. The lowest BCUT2D eigenvalue weighted by Crippen LogP contribution is -1.91. The van der Waals surface area contributed by atoms with E-state index in [1.54, 1.807) is 12.1 Å². The third-order valence-corrected chi connectivity index (χ3v) is 3.29. The molecule has 0 fully saturated rings. The van der Waals surface area contributed by atoms with Gasteiger partial charge in [-0.15, -0.1) is 0 Å². The molecule has 2 aromatic carbocycles. The summed E-state index contributed by atoms with van der Waals surface area (Å²) >= 11 is 0. The molecule has 0 atom stereocenters. The first kappa shape index (κ1) is 11.7. The Kier molecular flexibility index (Phi) is 2.71. The molecule has 0 aliphatic heterocycles. The summed E-state index contributed by atoms with van der Waals surface area (Å²) in [4.78, 5) is 0. The number of nitrogens with zero attached hydrogens (tertiary/aromatic N) is 1. The van der Waals surface area contributed by atoms with Gasteiger partial charge >= 0.3 is 0 Å². The van der Waals surface area contributed by atoms with Crippen LogP contribution in [0.15, 0.2) is 40.9 Å². The SMILES string of the molecule is CCc1c(N)noc1-c1ccc(F)c2ccccc12. The second-order valence-corrected chi connectivity index (χ2v) is 4.37. The lowest BCUT2D eigenvalue weighted by Gasteiger charge is -2.06. The van der Waals surface area contributed by atoms with Crippen LogP contribution in [0.2, 0.25) is 0 Å². The fraction of sp³-hybridized carbons (Fsp3) is 0.133. The van der Waals surface area contributed by atoms with Gasteiger partial charge in [-0.1, -0.05) is 36.3 Å². The molecule has 0 saturated heterocycles. The fourth-order valence-corrected chi connectivity index (χ4v) is 2.34. The summed E-state index contributed by atoms with van der Waals surface area (Å²) in [6.07, 6.45) is 0.719. The van der Waals surface area contributed by atoms with Gasteiger partial charge in [-0.3, -0.25) is 0 Å². The largest absolute Gasteiger partial charge is 0.381 e. The maximum absolute atomic E-state index is 13.8. The summed E-state index contributed by atoms with van der Waals surface area (Å²) in [5.74, 6) is 0.770. The molecule has 4 heteroatoms. The molecule has 0 aliphatic rings. The molecular weight excluding hydrogens is 243 g/mol. The minimum atomic E-state index is -0.245. The Bertz CT molecular complexity index is 749. The van der Waals surface area contributed by atoms with Crippen LogP contribution in [-0.2, 0) is 6.42 Å². The van der Waals surface area contributed by atoms with E-state index in [1.165, 1.54) is 6.07 Å². The summed E-state index contributed by atoms with van der Waals surface area (Å²) in [6.45, 7) is 1.98. The Morgan fingerprint density at radius 2 is 1.89 bits per heavy atom. The quantitative estimate of drug-likeness (QED) is 0.759. The van der Waals surface area contributed by atoms with Crippen molar-refractivity contribution in [2.45, 2.75) is 13.3 Å². The number of hydrogen-bond donors (Lipinski definition) is 1. The fourth-order valence-electron chi connectivity index (χ4n) is 2.34. The van der Waals surface area contributed by atoms with Crippen molar-refractivity contribution in [3.63, 3.8) is 0 Å². The van der Waals surface area contributed by atoms with Crippen molar-refractivity contribution in [1.29, 1.82) is 0 Å². The number of benzene rings is 2. The van der Waals surface area contributed by atoms with Crippen molar-refractivity contribution in [3.05, 3.63) is 47.8 Å². The number of nitrogens with two attached hydrogens (primary N) is 1. The Morgan fingerprint density at radius 3 is 2.63 bits per heavy atom. The Morgan fingerprint density at radius 1 is 1.16 bits per heavy atom. The zero-order chi connectivity index (χ0) is 13.4. The maximum Gasteiger partial charge on any atom is 0.172 e. The molecule has 3 nitrogen and oxygen atoms in total. The molecular formula is C15H13FN2O. The predicted molar refractivity (Wildman–Crippen MR) is 73.2 cm³/mol. The second-order valence-electron chi connectivity index (χ2n) is 4.37. The molecule has 0 aliphatic carbocycles. The normalized spacial score (nSPS) is 11.1. The molecule has 96 valence electrons. The number of hydrogen-bond acceptors (Lipinski definition) is 3. The number of fused-ring (bicyclic) bond motifs is 1. The van der Waals surface area contributed by atoms with E-state index in [4.69, 9.17) is 10.3 Å². The van der Waals surface area contributed by atoms with Gasteiger partial charge in [0, 0.05) is 16.5 Å². The van der Waals surface area contributed by atoms with E-state index in [1.807, 2.05) is 25.1 Å².